The number of methoxy groups -OCH3 is 1. The maximum atomic E-state index is 12.2. The fourth-order valence-electron chi connectivity index (χ4n) is 3.33. The Morgan fingerprint density at radius 3 is 2.81 bits per heavy atom. The number of ether oxygens (including phenoxy) is 2. The summed E-state index contributed by atoms with van der Waals surface area (Å²) >= 11 is 1.49. The van der Waals surface area contributed by atoms with Gasteiger partial charge in [0.1, 0.15) is 5.50 Å². The average Bonchev–Trinajstić information content (AvgIpc) is 3.27. The molecule has 8 nitrogen and oxygen atoms in total. The number of hydrogen-bond donors (Lipinski definition) is 2. The van der Waals surface area contributed by atoms with E-state index in [1.807, 2.05) is 55.5 Å². The Hall–Kier alpha value is -3.04. The first-order valence-electron chi connectivity index (χ1n) is 10.0. The van der Waals surface area contributed by atoms with Gasteiger partial charge in [-0.2, -0.15) is 4.98 Å². The first kappa shape index (κ1) is 21.2. The van der Waals surface area contributed by atoms with E-state index < -0.39 is 0 Å². The molecule has 0 saturated carbocycles. The Labute approximate surface area is 184 Å². The molecule has 3 aromatic rings. The van der Waals surface area contributed by atoms with Crippen LogP contribution in [-0.4, -0.2) is 35.3 Å². The Morgan fingerprint density at radius 2 is 2.03 bits per heavy atom. The second-order valence-corrected chi connectivity index (χ2v) is 8.00. The molecule has 2 unspecified atom stereocenters. The summed E-state index contributed by atoms with van der Waals surface area (Å²) in [6, 6.07) is 15.4. The van der Waals surface area contributed by atoms with Gasteiger partial charge >= 0.3 is 0 Å². The van der Waals surface area contributed by atoms with Gasteiger partial charge in [-0.05, 0) is 30.7 Å². The number of hydrogen-bond acceptors (Lipinski definition) is 8. The van der Waals surface area contributed by atoms with Crippen molar-refractivity contribution in [3.05, 3.63) is 60.0 Å². The topological polar surface area (TPSA) is 98.5 Å². The van der Waals surface area contributed by atoms with Gasteiger partial charge in [0.25, 0.3) is 0 Å². The number of carbonyl (C=O) groups is 1. The number of rotatable bonds is 8. The molecule has 1 amide bonds. The standard InChI is InChI=1S/C22H24N4O4S/c1-3-29-17-10-9-15(11-18(17)28-2)21-25-20(30-26-21)13-31-22-23-16(12-19(27)24-22)14-7-5-4-6-8-14/h4-11,16,22-23H,3,12-13H2,1-2H3,(H,24,27). The summed E-state index contributed by atoms with van der Waals surface area (Å²) in [6.45, 7) is 2.47. The molecule has 0 aliphatic carbocycles. The number of thioether (sulfide) groups is 1. The van der Waals surface area contributed by atoms with Crippen molar-refractivity contribution in [1.29, 1.82) is 0 Å². The fraction of sp³-hybridized carbons (Fsp3) is 0.318. The maximum Gasteiger partial charge on any atom is 0.237 e. The number of nitrogens with one attached hydrogen (secondary N) is 2. The van der Waals surface area contributed by atoms with Crippen LogP contribution in [0.25, 0.3) is 11.4 Å². The van der Waals surface area contributed by atoms with Gasteiger partial charge in [-0.25, -0.2) is 0 Å². The SMILES string of the molecule is CCOc1ccc(-c2noc(CSC3NC(=O)CC(c4ccccc4)N3)n2)cc1OC. The molecule has 162 valence electrons. The highest BCUT2D eigenvalue weighted by atomic mass is 32.2. The predicted octanol–water partition coefficient (Wildman–Crippen LogP) is 3.51. The molecule has 2 heterocycles. The van der Waals surface area contributed by atoms with Crippen LogP contribution in [0.15, 0.2) is 53.1 Å². The Balaban J connectivity index is 1.39. The van der Waals surface area contributed by atoms with Crippen LogP contribution in [0.2, 0.25) is 0 Å². The maximum absolute atomic E-state index is 12.2. The molecule has 31 heavy (non-hydrogen) atoms. The zero-order chi connectivity index (χ0) is 21.6. The first-order chi connectivity index (χ1) is 15.2. The van der Waals surface area contributed by atoms with Crippen LogP contribution in [0.5, 0.6) is 11.5 Å². The van der Waals surface area contributed by atoms with Crippen LogP contribution >= 0.6 is 11.8 Å². The molecule has 1 fully saturated rings. The van der Waals surface area contributed by atoms with Gasteiger partial charge in [0.2, 0.25) is 17.6 Å². The van der Waals surface area contributed by atoms with E-state index in [1.165, 1.54) is 11.8 Å². The van der Waals surface area contributed by atoms with Crippen molar-refractivity contribution in [2.45, 2.75) is 30.6 Å². The second-order valence-electron chi connectivity index (χ2n) is 6.90. The molecular weight excluding hydrogens is 416 g/mol. The Bertz CT molecular complexity index is 1030. The van der Waals surface area contributed by atoms with Gasteiger partial charge in [0, 0.05) is 18.0 Å². The summed E-state index contributed by atoms with van der Waals surface area (Å²) in [4.78, 5) is 16.6. The molecule has 0 spiro atoms. The van der Waals surface area contributed by atoms with E-state index in [-0.39, 0.29) is 17.4 Å². The lowest BCUT2D eigenvalue weighted by Gasteiger charge is -2.31. The summed E-state index contributed by atoms with van der Waals surface area (Å²) < 4.78 is 16.3. The quantitative estimate of drug-likeness (QED) is 0.549. The van der Waals surface area contributed by atoms with E-state index in [2.05, 4.69) is 20.8 Å². The number of carbonyl (C=O) groups excluding carboxylic acids is 1. The summed E-state index contributed by atoms with van der Waals surface area (Å²) in [5, 5.41) is 10.5. The van der Waals surface area contributed by atoms with E-state index >= 15 is 0 Å². The lowest BCUT2D eigenvalue weighted by Crippen LogP contribution is -2.50. The average molecular weight is 441 g/mol. The molecule has 2 aromatic carbocycles. The van der Waals surface area contributed by atoms with E-state index in [9.17, 15) is 4.79 Å². The monoisotopic (exact) mass is 440 g/mol. The highest BCUT2D eigenvalue weighted by Gasteiger charge is 2.27. The van der Waals surface area contributed by atoms with Gasteiger partial charge in [-0.15, -0.1) is 11.8 Å². The van der Waals surface area contributed by atoms with Crippen molar-refractivity contribution >= 4 is 17.7 Å². The lowest BCUT2D eigenvalue weighted by molar-refractivity contribution is -0.123. The van der Waals surface area contributed by atoms with Crippen LogP contribution < -0.4 is 20.1 Å². The largest absolute Gasteiger partial charge is 0.493 e. The molecule has 1 aromatic heterocycles. The first-order valence-corrected chi connectivity index (χ1v) is 11.1. The molecule has 4 rings (SSSR count). The van der Waals surface area contributed by atoms with Crippen molar-refractivity contribution in [3.63, 3.8) is 0 Å². The van der Waals surface area contributed by atoms with Crippen LogP contribution in [-0.2, 0) is 10.5 Å². The van der Waals surface area contributed by atoms with Crippen molar-refractivity contribution in [2.75, 3.05) is 13.7 Å². The molecule has 1 aliphatic heterocycles. The zero-order valence-corrected chi connectivity index (χ0v) is 18.1. The highest BCUT2D eigenvalue weighted by Crippen LogP contribution is 2.32. The van der Waals surface area contributed by atoms with Crippen LogP contribution in [0.4, 0.5) is 0 Å². The van der Waals surface area contributed by atoms with Crippen molar-refractivity contribution in [2.24, 2.45) is 0 Å². The van der Waals surface area contributed by atoms with Gasteiger partial charge in [0.05, 0.1) is 19.5 Å². The molecule has 0 radical (unpaired) electrons. The summed E-state index contributed by atoms with van der Waals surface area (Å²) in [6.07, 6.45) is 0.408. The molecule has 2 atom stereocenters. The van der Waals surface area contributed by atoms with E-state index in [0.29, 0.717) is 42.0 Å². The third kappa shape index (κ3) is 5.18. The summed E-state index contributed by atoms with van der Waals surface area (Å²) in [5.74, 6) is 2.70. The summed E-state index contributed by atoms with van der Waals surface area (Å²) in [5.41, 5.74) is 1.62. The third-order valence-corrected chi connectivity index (χ3v) is 5.80. The van der Waals surface area contributed by atoms with Gasteiger partial charge < -0.3 is 19.3 Å². The van der Waals surface area contributed by atoms with Crippen LogP contribution in [0, 0.1) is 0 Å². The van der Waals surface area contributed by atoms with Crippen LogP contribution in [0.1, 0.15) is 30.8 Å². The molecular formula is C22H24N4O4S. The fourth-order valence-corrected chi connectivity index (χ4v) is 4.23. The van der Waals surface area contributed by atoms with Crippen molar-refractivity contribution < 1.29 is 18.8 Å². The minimum Gasteiger partial charge on any atom is -0.493 e. The van der Waals surface area contributed by atoms with Crippen molar-refractivity contribution in [3.8, 4) is 22.9 Å². The third-order valence-electron chi connectivity index (χ3n) is 4.80. The molecule has 1 aliphatic rings. The van der Waals surface area contributed by atoms with E-state index in [0.717, 1.165) is 11.1 Å². The molecule has 2 N–H and O–H groups in total. The number of aromatic nitrogens is 2. The Kier molecular flexibility index (Phi) is 6.73. The van der Waals surface area contributed by atoms with Crippen LogP contribution in [0.3, 0.4) is 0 Å². The Morgan fingerprint density at radius 1 is 1.19 bits per heavy atom. The minimum absolute atomic E-state index is 0.0119. The zero-order valence-electron chi connectivity index (χ0n) is 17.3. The molecule has 1 saturated heterocycles. The number of nitrogens with zero attached hydrogens (tertiary/aromatic N) is 2. The number of benzene rings is 2. The minimum atomic E-state index is -0.243. The normalized spacial score (nSPS) is 18.5. The second kappa shape index (κ2) is 9.84. The lowest BCUT2D eigenvalue weighted by atomic mass is 10.0. The van der Waals surface area contributed by atoms with E-state index in [1.54, 1.807) is 7.11 Å². The number of amides is 1. The summed E-state index contributed by atoms with van der Waals surface area (Å²) in [7, 11) is 1.59. The highest BCUT2D eigenvalue weighted by molar-refractivity contribution is 7.99. The molecule has 0 bridgehead atoms. The van der Waals surface area contributed by atoms with E-state index in [4.69, 9.17) is 14.0 Å². The van der Waals surface area contributed by atoms with Gasteiger partial charge in [-0.3, -0.25) is 10.1 Å². The van der Waals surface area contributed by atoms with Gasteiger partial charge in [0.15, 0.2) is 11.5 Å². The predicted molar refractivity (Wildman–Crippen MR) is 118 cm³/mol. The molecule has 9 heteroatoms. The van der Waals surface area contributed by atoms with Gasteiger partial charge in [-0.1, -0.05) is 35.5 Å². The van der Waals surface area contributed by atoms with Crippen molar-refractivity contribution in [1.82, 2.24) is 20.8 Å². The smallest absolute Gasteiger partial charge is 0.237 e.